The summed E-state index contributed by atoms with van der Waals surface area (Å²) in [6.07, 6.45) is 1.45. The lowest BCUT2D eigenvalue weighted by Gasteiger charge is -2.14. The van der Waals surface area contributed by atoms with E-state index in [1.54, 1.807) is 0 Å². The second kappa shape index (κ2) is 6.54. The van der Waals surface area contributed by atoms with Crippen molar-refractivity contribution in [1.29, 1.82) is 0 Å². The Labute approximate surface area is 98.3 Å². The van der Waals surface area contributed by atoms with Gasteiger partial charge in [0.2, 0.25) is 0 Å². The zero-order chi connectivity index (χ0) is 12.0. The largest absolute Gasteiger partial charge is 0.494 e. The third-order valence-electron chi connectivity index (χ3n) is 2.43. The van der Waals surface area contributed by atoms with Gasteiger partial charge in [0.1, 0.15) is 5.75 Å². The van der Waals surface area contributed by atoms with Crippen LogP contribution < -0.4 is 4.74 Å². The normalized spacial score (nSPS) is 12.8. The number of rotatable bonds is 6. The fourth-order valence-corrected chi connectivity index (χ4v) is 1.59. The molecule has 1 aromatic rings. The van der Waals surface area contributed by atoms with Crippen LogP contribution >= 0.6 is 0 Å². The molecule has 0 aliphatic carbocycles. The lowest BCUT2D eigenvalue weighted by atomic mass is 10.00. The molecule has 0 heterocycles. The van der Waals surface area contributed by atoms with E-state index in [9.17, 15) is 5.11 Å². The van der Waals surface area contributed by atoms with Gasteiger partial charge in [-0.25, -0.2) is 0 Å². The first-order valence-corrected chi connectivity index (χ1v) is 6.04. The topological polar surface area (TPSA) is 29.5 Å². The van der Waals surface area contributed by atoms with Crippen LogP contribution in [-0.2, 0) is 0 Å². The molecule has 1 rings (SSSR count). The van der Waals surface area contributed by atoms with Crippen LogP contribution in [0.1, 0.15) is 45.3 Å². The van der Waals surface area contributed by atoms with Gasteiger partial charge in [-0.1, -0.05) is 32.9 Å². The van der Waals surface area contributed by atoms with Crippen molar-refractivity contribution >= 4 is 0 Å². The molecule has 0 spiro atoms. The van der Waals surface area contributed by atoms with Crippen molar-refractivity contribution in [3.8, 4) is 5.75 Å². The Bertz CT molecular complexity index is 290. The van der Waals surface area contributed by atoms with E-state index in [4.69, 9.17) is 4.74 Å². The summed E-state index contributed by atoms with van der Waals surface area (Å²) in [5, 5.41) is 9.92. The van der Waals surface area contributed by atoms with Crippen molar-refractivity contribution in [2.75, 3.05) is 6.61 Å². The maximum atomic E-state index is 9.92. The van der Waals surface area contributed by atoms with E-state index in [0.29, 0.717) is 5.92 Å². The average Bonchev–Trinajstić information content (AvgIpc) is 2.26. The van der Waals surface area contributed by atoms with Crippen LogP contribution in [0.15, 0.2) is 24.3 Å². The summed E-state index contributed by atoms with van der Waals surface area (Å²) in [5.41, 5.74) is 0.970. The molecule has 0 radical (unpaired) electrons. The Morgan fingerprint density at radius 1 is 1.19 bits per heavy atom. The highest BCUT2D eigenvalue weighted by Crippen LogP contribution is 2.23. The van der Waals surface area contributed by atoms with Crippen molar-refractivity contribution in [2.45, 2.75) is 39.7 Å². The van der Waals surface area contributed by atoms with Crippen molar-refractivity contribution in [2.24, 2.45) is 5.92 Å². The minimum Gasteiger partial charge on any atom is -0.494 e. The number of ether oxygens (including phenoxy) is 1. The third kappa shape index (κ3) is 4.23. The molecule has 1 N–H and O–H groups in total. The molecule has 1 aromatic carbocycles. The molecule has 0 saturated heterocycles. The quantitative estimate of drug-likeness (QED) is 0.797. The predicted octanol–water partition coefficient (Wildman–Crippen LogP) is 3.55. The first-order chi connectivity index (χ1) is 7.63. The van der Waals surface area contributed by atoms with Crippen molar-refractivity contribution in [1.82, 2.24) is 0 Å². The van der Waals surface area contributed by atoms with E-state index in [1.807, 2.05) is 24.3 Å². The molecule has 0 aromatic heterocycles. The molecule has 90 valence electrons. The monoisotopic (exact) mass is 222 g/mol. The van der Waals surface area contributed by atoms with Crippen LogP contribution in [0, 0.1) is 5.92 Å². The van der Waals surface area contributed by atoms with Crippen LogP contribution in [0.3, 0.4) is 0 Å². The van der Waals surface area contributed by atoms with Gasteiger partial charge in [0, 0.05) is 0 Å². The molecular weight excluding hydrogens is 200 g/mol. The van der Waals surface area contributed by atoms with Gasteiger partial charge in [0.25, 0.3) is 0 Å². The highest BCUT2D eigenvalue weighted by molar-refractivity contribution is 5.28. The Kier molecular flexibility index (Phi) is 5.33. The summed E-state index contributed by atoms with van der Waals surface area (Å²) in [4.78, 5) is 0. The van der Waals surface area contributed by atoms with Crippen LogP contribution in [0.5, 0.6) is 5.75 Å². The van der Waals surface area contributed by atoms with E-state index >= 15 is 0 Å². The molecule has 0 saturated carbocycles. The summed E-state index contributed by atoms with van der Waals surface area (Å²) in [7, 11) is 0. The van der Waals surface area contributed by atoms with Gasteiger partial charge in [-0.05, 0) is 36.5 Å². The number of aliphatic hydroxyl groups is 1. The zero-order valence-corrected chi connectivity index (χ0v) is 10.4. The minimum atomic E-state index is -0.361. The number of hydrogen-bond acceptors (Lipinski definition) is 2. The number of benzene rings is 1. The van der Waals surface area contributed by atoms with Gasteiger partial charge in [-0.2, -0.15) is 0 Å². The van der Waals surface area contributed by atoms with E-state index in [2.05, 4.69) is 20.8 Å². The maximum absolute atomic E-state index is 9.92. The molecular formula is C14H22O2. The summed E-state index contributed by atoms with van der Waals surface area (Å²) in [5.74, 6) is 1.38. The van der Waals surface area contributed by atoms with Gasteiger partial charge in [-0.3, -0.25) is 0 Å². The molecule has 0 bridgehead atoms. The van der Waals surface area contributed by atoms with Crippen LogP contribution in [0.2, 0.25) is 0 Å². The van der Waals surface area contributed by atoms with E-state index in [0.717, 1.165) is 30.8 Å². The molecule has 0 fully saturated rings. The molecule has 1 unspecified atom stereocenters. The zero-order valence-electron chi connectivity index (χ0n) is 10.4. The molecule has 0 amide bonds. The highest BCUT2D eigenvalue weighted by Gasteiger charge is 2.09. The standard InChI is InChI=1S/C14H22O2/c1-4-9-16-13-7-5-12(6-8-13)14(15)10-11(2)3/h5-8,11,14-15H,4,9-10H2,1-3H3. The van der Waals surface area contributed by atoms with Crippen LogP contribution in [0.4, 0.5) is 0 Å². The maximum Gasteiger partial charge on any atom is 0.119 e. The van der Waals surface area contributed by atoms with Gasteiger partial charge in [-0.15, -0.1) is 0 Å². The summed E-state index contributed by atoms with van der Waals surface area (Å²) >= 11 is 0. The molecule has 1 atom stereocenters. The van der Waals surface area contributed by atoms with E-state index in [1.165, 1.54) is 0 Å². The van der Waals surface area contributed by atoms with Crippen LogP contribution in [-0.4, -0.2) is 11.7 Å². The SMILES string of the molecule is CCCOc1ccc(C(O)CC(C)C)cc1. The summed E-state index contributed by atoms with van der Waals surface area (Å²) < 4.78 is 5.49. The van der Waals surface area contributed by atoms with Crippen molar-refractivity contribution in [3.63, 3.8) is 0 Å². The van der Waals surface area contributed by atoms with Gasteiger partial charge in [0.15, 0.2) is 0 Å². The number of aliphatic hydroxyl groups excluding tert-OH is 1. The van der Waals surface area contributed by atoms with E-state index in [-0.39, 0.29) is 6.10 Å². The minimum absolute atomic E-state index is 0.361. The van der Waals surface area contributed by atoms with Crippen molar-refractivity contribution in [3.05, 3.63) is 29.8 Å². The lowest BCUT2D eigenvalue weighted by molar-refractivity contribution is 0.151. The average molecular weight is 222 g/mol. The lowest BCUT2D eigenvalue weighted by Crippen LogP contribution is -2.02. The smallest absolute Gasteiger partial charge is 0.119 e. The highest BCUT2D eigenvalue weighted by atomic mass is 16.5. The fraction of sp³-hybridized carbons (Fsp3) is 0.571. The Morgan fingerprint density at radius 3 is 2.31 bits per heavy atom. The van der Waals surface area contributed by atoms with Gasteiger partial charge >= 0.3 is 0 Å². The first kappa shape index (κ1) is 13.0. The van der Waals surface area contributed by atoms with Crippen LogP contribution in [0.25, 0.3) is 0 Å². The number of hydrogen-bond donors (Lipinski definition) is 1. The molecule has 0 aliphatic rings. The Morgan fingerprint density at radius 2 is 1.81 bits per heavy atom. The van der Waals surface area contributed by atoms with Gasteiger partial charge < -0.3 is 9.84 Å². The predicted molar refractivity (Wildman–Crippen MR) is 66.6 cm³/mol. The fourth-order valence-electron chi connectivity index (χ4n) is 1.59. The van der Waals surface area contributed by atoms with E-state index < -0.39 is 0 Å². The molecule has 2 nitrogen and oxygen atoms in total. The molecule has 2 heteroatoms. The third-order valence-corrected chi connectivity index (χ3v) is 2.43. The first-order valence-electron chi connectivity index (χ1n) is 6.04. The van der Waals surface area contributed by atoms with Crippen molar-refractivity contribution < 1.29 is 9.84 Å². The Hall–Kier alpha value is -1.02. The summed E-state index contributed by atoms with van der Waals surface area (Å²) in [6, 6.07) is 7.74. The Balaban J connectivity index is 2.56. The second-order valence-corrected chi connectivity index (χ2v) is 4.56. The summed E-state index contributed by atoms with van der Waals surface area (Å²) in [6.45, 7) is 7.05. The van der Waals surface area contributed by atoms with Gasteiger partial charge in [0.05, 0.1) is 12.7 Å². The molecule has 0 aliphatic heterocycles. The molecule has 16 heavy (non-hydrogen) atoms. The second-order valence-electron chi connectivity index (χ2n) is 4.56.